The topological polar surface area (TPSA) is 111 Å². The number of anilines is 1. The summed E-state index contributed by atoms with van der Waals surface area (Å²) in [5.41, 5.74) is 3.72. The number of nitriles is 1. The van der Waals surface area contributed by atoms with Crippen LogP contribution in [-0.4, -0.2) is 49.2 Å². The molecule has 2 aromatic heterocycles. The van der Waals surface area contributed by atoms with Gasteiger partial charge >= 0.3 is 0 Å². The smallest absolute Gasteiger partial charge is 0.225 e. The molecule has 3 aromatic rings. The minimum Gasteiger partial charge on any atom is -0.508 e. The van der Waals surface area contributed by atoms with E-state index in [9.17, 15) is 10.2 Å². The summed E-state index contributed by atoms with van der Waals surface area (Å²) in [6.07, 6.45) is 3.79. The normalized spacial score (nSPS) is 16.3. The first-order valence-electron chi connectivity index (χ1n) is 9.05. The third-order valence-corrected chi connectivity index (χ3v) is 4.69. The van der Waals surface area contributed by atoms with Crippen molar-refractivity contribution in [1.29, 1.82) is 5.26 Å². The first-order valence-corrected chi connectivity index (χ1v) is 9.05. The Kier molecular flexibility index (Phi) is 4.67. The van der Waals surface area contributed by atoms with Gasteiger partial charge in [-0.25, -0.2) is 9.97 Å². The van der Waals surface area contributed by atoms with E-state index in [1.165, 1.54) is 0 Å². The predicted molar refractivity (Wildman–Crippen MR) is 104 cm³/mol. The molecule has 0 bridgehead atoms. The summed E-state index contributed by atoms with van der Waals surface area (Å²) in [5, 5.41) is 33.4. The summed E-state index contributed by atoms with van der Waals surface area (Å²) in [6.45, 7) is 3.23. The molecule has 1 aliphatic rings. The lowest BCUT2D eigenvalue weighted by molar-refractivity contribution is 0.198. The Morgan fingerprint density at radius 3 is 2.89 bits per heavy atom. The van der Waals surface area contributed by atoms with Crippen LogP contribution in [0.3, 0.4) is 0 Å². The molecule has 3 heterocycles. The minimum atomic E-state index is -0.364. The Bertz CT molecular complexity index is 1030. The van der Waals surface area contributed by atoms with Crippen LogP contribution in [0.25, 0.3) is 22.5 Å². The van der Waals surface area contributed by atoms with Gasteiger partial charge in [0, 0.05) is 36.6 Å². The third-order valence-electron chi connectivity index (χ3n) is 4.69. The molecule has 0 radical (unpaired) electrons. The molecule has 0 saturated carbocycles. The third kappa shape index (κ3) is 3.52. The van der Waals surface area contributed by atoms with E-state index in [2.05, 4.69) is 21.1 Å². The van der Waals surface area contributed by atoms with Gasteiger partial charge in [0.1, 0.15) is 18.0 Å². The van der Waals surface area contributed by atoms with E-state index < -0.39 is 0 Å². The number of aromatic hydroxyl groups is 1. The highest BCUT2D eigenvalue weighted by Gasteiger charge is 2.23. The fourth-order valence-corrected chi connectivity index (χ4v) is 3.45. The number of aryl methyl sites for hydroxylation is 1. The number of aromatic nitrogens is 4. The van der Waals surface area contributed by atoms with Gasteiger partial charge in [0.15, 0.2) is 0 Å². The summed E-state index contributed by atoms with van der Waals surface area (Å²) in [7, 11) is 0. The van der Waals surface area contributed by atoms with E-state index >= 15 is 0 Å². The number of nitrogens with zero attached hydrogens (tertiary/aromatic N) is 6. The SMILES string of the molecule is Cc1cc(O)cc(-c2nn(CC#N)cc2-c2ccnc(N3CC[C@H](O)C3)n2)c1. The fraction of sp³-hybridized carbons (Fsp3) is 0.300. The molecule has 1 aromatic carbocycles. The molecule has 1 aliphatic heterocycles. The maximum atomic E-state index is 10.00. The van der Waals surface area contributed by atoms with E-state index in [-0.39, 0.29) is 18.4 Å². The van der Waals surface area contributed by atoms with Crippen LogP contribution < -0.4 is 4.90 Å². The molecule has 0 aliphatic carbocycles. The number of benzene rings is 1. The van der Waals surface area contributed by atoms with Crippen LogP contribution >= 0.6 is 0 Å². The second kappa shape index (κ2) is 7.29. The number of hydrogen-bond donors (Lipinski definition) is 2. The van der Waals surface area contributed by atoms with Gasteiger partial charge in [0.2, 0.25) is 5.95 Å². The largest absolute Gasteiger partial charge is 0.508 e. The zero-order valence-corrected chi connectivity index (χ0v) is 15.4. The zero-order chi connectivity index (χ0) is 19.7. The Hall–Kier alpha value is -3.44. The summed E-state index contributed by atoms with van der Waals surface area (Å²) < 4.78 is 1.56. The molecule has 0 unspecified atom stereocenters. The molecule has 1 atom stereocenters. The van der Waals surface area contributed by atoms with Crippen molar-refractivity contribution in [2.45, 2.75) is 26.0 Å². The zero-order valence-electron chi connectivity index (χ0n) is 15.4. The van der Waals surface area contributed by atoms with Crippen LogP contribution in [0.4, 0.5) is 5.95 Å². The van der Waals surface area contributed by atoms with Gasteiger partial charge in [-0.15, -0.1) is 0 Å². The van der Waals surface area contributed by atoms with Gasteiger partial charge < -0.3 is 15.1 Å². The number of hydrogen-bond acceptors (Lipinski definition) is 7. The van der Waals surface area contributed by atoms with Gasteiger partial charge in [-0.2, -0.15) is 10.4 Å². The molecule has 4 rings (SSSR count). The van der Waals surface area contributed by atoms with Crippen LogP contribution in [0.1, 0.15) is 12.0 Å². The van der Waals surface area contributed by atoms with Gasteiger partial charge in [0.05, 0.1) is 17.9 Å². The molecule has 8 heteroatoms. The molecule has 142 valence electrons. The maximum Gasteiger partial charge on any atom is 0.225 e. The standard InChI is InChI=1S/C20H20N6O2/c1-13-8-14(10-16(28)9-13)19-17(12-26(24-19)7-4-21)18-2-5-22-20(23-18)25-6-3-15(27)11-25/h2,5,8-10,12,15,27-28H,3,6-7,11H2,1H3/t15-/m0/s1. The fourth-order valence-electron chi connectivity index (χ4n) is 3.45. The lowest BCUT2D eigenvalue weighted by Crippen LogP contribution is -2.23. The Morgan fingerprint density at radius 1 is 1.32 bits per heavy atom. The Morgan fingerprint density at radius 2 is 2.18 bits per heavy atom. The van der Waals surface area contributed by atoms with Crippen molar-refractivity contribution in [1.82, 2.24) is 19.7 Å². The first-order chi connectivity index (χ1) is 13.5. The number of phenols is 1. The van der Waals surface area contributed by atoms with Crippen LogP contribution in [0.5, 0.6) is 5.75 Å². The van der Waals surface area contributed by atoms with Crippen molar-refractivity contribution >= 4 is 5.95 Å². The molecular weight excluding hydrogens is 356 g/mol. The average Bonchev–Trinajstić information content (AvgIpc) is 3.28. The highest BCUT2D eigenvalue weighted by molar-refractivity contribution is 5.79. The van der Waals surface area contributed by atoms with E-state index in [1.54, 1.807) is 35.3 Å². The molecule has 1 fully saturated rings. The Labute approximate surface area is 162 Å². The molecule has 0 spiro atoms. The number of phenolic OH excluding ortho intramolecular Hbond substituents is 1. The summed E-state index contributed by atoms with van der Waals surface area (Å²) in [5.74, 6) is 0.713. The maximum absolute atomic E-state index is 10.00. The second-order valence-corrected chi connectivity index (χ2v) is 6.93. The lowest BCUT2D eigenvalue weighted by Gasteiger charge is -2.15. The summed E-state index contributed by atoms with van der Waals surface area (Å²) in [4.78, 5) is 11.0. The van der Waals surface area contributed by atoms with E-state index in [0.717, 1.165) is 16.7 Å². The lowest BCUT2D eigenvalue weighted by atomic mass is 10.0. The second-order valence-electron chi connectivity index (χ2n) is 6.93. The molecular formula is C20H20N6O2. The highest BCUT2D eigenvalue weighted by atomic mass is 16.3. The first kappa shape index (κ1) is 17.9. The highest BCUT2D eigenvalue weighted by Crippen LogP contribution is 2.33. The van der Waals surface area contributed by atoms with Gasteiger partial charge in [-0.1, -0.05) is 0 Å². The van der Waals surface area contributed by atoms with E-state index in [4.69, 9.17) is 5.26 Å². The van der Waals surface area contributed by atoms with Crippen LogP contribution in [-0.2, 0) is 6.54 Å². The Balaban J connectivity index is 1.80. The minimum absolute atomic E-state index is 0.112. The molecule has 2 N–H and O–H groups in total. The number of rotatable bonds is 4. The average molecular weight is 376 g/mol. The molecule has 28 heavy (non-hydrogen) atoms. The van der Waals surface area contributed by atoms with Gasteiger partial charge in [-0.05, 0) is 43.2 Å². The van der Waals surface area contributed by atoms with E-state index in [1.807, 2.05) is 17.9 Å². The van der Waals surface area contributed by atoms with Crippen LogP contribution in [0.15, 0.2) is 36.7 Å². The monoisotopic (exact) mass is 376 g/mol. The number of aliphatic hydroxyl groups is 1. The van der Waals surface area contributed by atoms with Crippen molar-refractivity contribution in [2.24, 2.45) is 0 Å². The van der Waals surface area contributed by atoms with Crippen molar-refractivity contribution < 1.29 is 10.2 Å². The quantitative estimate of drug-likeness (QED) is 0.717. The molecule has 8 nitrogen and oxygen atoms in total. The number of aliphatic hydroxyl groups excluding tert-OH is 1. The predicted octanol–water partition coefficient (Wildman–Crippen LogP) is 2.12. The number of β-amino-alcohol motifs (C(OH)–C–C–N with tert-alkyl or cyclic N) is 1. The summed E-state index contributed by atoms with van der Waals surface area (Å²) >= 11 is 0. The van der Waals surface area contributed by atoms with Gasteiger partial charge in [0.25, 0.3) is 0 Å². The van der Waals surface area contributed by atoms with Crippen LogP contribution in [0.2, 0.25) is 0 Å². The van der Waals surface area contributed by atoms with Crippen LogP contribution in [0, 0.1) is 18.3 Å². The van der Waals surface area contributed by atoms with Crippen molar-refractivity contribution in [2.75, 3.05) is 18.0 Å². The summed E-state index contributed by atoms with van der Waals surface area (Å²) in [6, 6.07) is 9.14. The van der Waals surface area contributed by atoms with Gasteiger partial charge in [-0.3, -0.25) is 4.68 Å². The van der Waals surface area contributed by atoms with E-state index in [0.29, 0.717) is 36.8 Å². The molecule has 0 amide bonds. The van der Waals surface area contributed by atoms with Crippen molar-refractivity contribution in [3.63, 3.8) is 0 Å². The van der Waals surface area contributed by atoms with Crippen molar-refractivity contribution in [3.8, 4) is 34.3 Å². The van der Waals surface area contributed by atoms with Crippen molar-refractivity contribution in [3.05, 3.63) is 42.2 Å². The molecule has 1 saturated heterocycles.